The molecule has 1 fully saturated rings. The second-order valence-corrected chi connectivity index (χ2v) is 6.42. The summed E-state index contributed by atoms with van der Waals surface area (Å²) in [6.07, 6.45) is 3.02. The number of piperidine rings is 1. The normalized spacial score (nSPS) is 17.3. The summed E-state index contributed by atoms with van der Waals surface area (Å²) in [6.45, 7) is 0.774. The van der Waals surface area contributed by atoms with Crippen LogP contribution in [0.15, 0.2) is 30.5 Å². The number of carbonyl (C=O) groups is 2. The lowest BCUT2D eigenvalue weighted by Crippen LogP contribution is -2.40. The number of aromatic nitrogens is 2. The summed E-state index contributed by atoms with van der Waals surface area (Å²) in [5, 5.41) is 13.1. The number of carbonyl (C=O) groups excluding carboxylic acids is 1. The fourth-order valence-corrected chi connectivity index (χ4v) is 3.22. The largest absolute Gasteiger partial charge is 0.480 e. The van der Waals surface area contributed by atoms with Crippen molar-refractivity contribution in [3.8, 4) is 0 Å². The van der Waals surface area contributed by atoms with E-state index in [9.17, 15) is 18.4 Å². The molecule has 0 unspecified atom stereocenters. The molecule has 0 bridgehead atoms. The van der Waals surface area contributed by atoms with Crippen LogP contribution < -0.4 is 0 Å². The van der Waals surface area contributed by atoms with Gasteiger partial charge in [-0.3, -0.25) is 14.3 Å². The van der Waals surface area contributed by atoms with Gasteiger partial charge in [0.1, 0.15) is 18.2 Å². The van der Waals surface area contributed by atoms with Crippen LogP contribution in [0, 0.1) is 11.6 Å². The van der Waals surface area contributed by atoms with E-state index in [0.717, 1.165) is 36.7 Å². The molecule has 1 aromatic heterocycles. The van der Waals surface area contributed by atoms with Crippen molar-refractivity contribution >= 4 is 11.9 Å². The van der Waals surface area contributed by atoms with Crippen LogP contribution in [0.2, 0.25) is 0 Å². The first-order chi connectivity index (χ1) is 12.4. The minimum Gasteiger partial charge on any atom is -0.480 e. The Bertz CT molecular complexity index is 822. The molecular weight excluding hydrogens is 344 g/mol. The van der Waals surface area contributed by atoms with Gasteiger partial charge in [-0.1, -0.05) is 0 Å². The lowest BCUT2D eigenvalue weighted by atomic mass is 9.94. The standard InChI is InChI=1S/C18H19F2N3O3/c19-14-3-4-15(20)13(8-14)9-17(24)22-6-1-2-12(10-22)16-5-7-23(21-16)11-18(25)26/h3-5,7-8,12H,1-2,6,9-11H2,(H,25,26)/t12-/m0/s1. The number of likely N-dealkylation sites (tertiary alicyclic amines) is 1. The Balaban J connectivity index is 1.66. The number of aliphatic carboxylic acids is 1. The van der Waals surface area contributed by atoms with Gasteiger partial charge < -0.3 is 10.0 Å². The first-order valence-electron chi connectivity index (χ1n) is 8.39. The zero-order valence-electron chi connectivity index (χ0n) is 14.1. The smallest absolute Gasteiger partial charge is 0.325 e. The SMILES string of the molecule is O=C(O)Cn1ccc([C@H]2CCCN(C(=O)Cc3cc(F)ccc3F)C2)n1. The van der Waals surface area contributed by atoms with Gasteiger partial charge in [-0.25, -0.2) is 8.78 Å². The van der Waals surface area contributed by atoms with Crippen molar-refractivity contribution in [1.82, 2.24) is 14.7 Å². The van der Waals surface area contributed by atoms with E-state index in [4.69, 9.17) is 5.11 Å². The zero-order valence-corrected chi connectivity index (χ0v) is 14.1. The number of hydrogen-bond donors (Lipinski definition) is 1. The van der Waals surface area contributed by atoms with Crippen molar-refractivity contribution in [2.45, 2.75) is 31.7 Å². The van der Waals surface area contributed by atoms with E-state index in [1.165, 1.54) is 4.68 Å². The molecule has 6 nitrogen and oxygen atoms in total. The lowest BCUT2D eigenvalue weighted by Gasteiger charge is -2.32. The molecule has 0 spiro atoms. The highest BCUT2D eigenvalue weighted by Gasteiger charge is 2.26. The van der Waals surface area contributed by atoms with Crippen LogP contribution >= 0.6 is 0 Å². The van der Waals surface area contributed by atoms with Gasteiger partial charge in [0.05, 0.1) is 12.1 Å². The Morgan fingerprint density at radius 3 is 2.85 bits per heavy atom. The molecule has 138 valence electrons. The molecule has 2 aromatic rings. The second kappa shape index (κ2) is 7.63. The summed E-state index contributed by atoms with van der Waals surface area (Å²) in [6, 6.07) is 4.84. The number of carboxylic acid groups (broad SMARTS) is 1. The molecule has 1 saturated heterocycles. The maximum absolute atomic E-state index is 13.7. The third-order valence-electron chi connectivity index (χ3n) is 4.50. The molecule has 0 radical (unpaired) electrons. The summed E-state index contributed by atoms with van der Waals surface area (Å²) in [5.74, 6) is -2.41. The molecule has 1 amide bonds. The van der Waals surface area contributed by atoms with Crippen molar-refractivity contribution in [3.63, 3.8) is 0 Å². The predicted molar refractivity (Wildman–Crippen MR) is 88.5 cm³/mol. The lowest BCUT2D eigenvalue weighted by molar-refractivity contribution is -0.138. The molecule has 8 heteroatoms. The average Bonchev–Trinajstić information content (AvgIpc) is 3.06. The van der Waals surface area contributed by atoms with E-state index in [1.54, 1.807) is 17.2 Å². The number of rotatable bonds is 5. The van der Waals surface area contributed by atoms with Gasteiger partial charge in [-0.15, -0.1) is 0 Å². The summed E-state index contributed by atoms with van der Waals surface area (Å²) < 4.78 is 28.4. The molecule has 0 saturated carbocycles. The van der Waals surface area contributed by atoms with Gasteiger partial charge in [0, 0.05) is 30.8 Å². The van der Waals surface area contributed by atoms with E-state index < -0.39 is 17.6 Å². The van der Waals surface area contributed by atoms with E-state index in [2.05, 4.69) is 5.10 Å². The van der Waals surface area contributed by atoms with Crippen LogP contribution in [0.1, 0.15) is 30.0 Å². The predicted octanol–water partition coefficient (Wildman–Crippen LogP) is 2.19. The van der Waals surface area contributed by atoms with Gasteiger partial charge in [0.2, 0.25) is 5.91 Å². The fraction of sp³-hybridized carbons (Fsp3) is 0.389. The van der Waals surface area contributed by atoms with Crippen molar-refractivity contribution in [3.05, 3.63) is 53.4 Å². The summed E-state index contributed by atoms with van der Waals surface area (Å²) in [7, 11) is 0. The summed E-state index contributed by atoms with van der Waals surface area (Å²) in [5.41, 5.74) is 0.781. The van der Waals surface area contributed by atoms with Crippen molar-refractivity contribution < 1.29 is 23.5 Å². The maximum Gasteiger partial charge on any atom is 0.325 e. The van der Waals surface area contributed by atoms with Crippen LogP contribution in [-0.2, 0) is 22.6 Å². The highest BCUT2D eigenvalue weighted by molar-refractivity contribution is 5.79. The van der Waals surface area contributed by atoms with Crippen molar-refractivity contribution in [1.29, 1.82) is 0 Å². The Hall–Kier alpha value is -2.77. The summed E-state index contributed by atoms with van der Waals surface area (Å²) >= 11 is 0. The highest BCUT2D eigenvalue weighted by atomic mass is 19.1. The topological polar surface area (TPSA) is 75.4 Å². The Labute approximate surface area is 149 Å². The molecular formula is C18H19F2N3O3. The Morgan fingerprint density at radius 2 is 2.08 bits per heavy atom. The number of halogens is 2. The van der Waals surface area contributed by atoms with Crippen LogP contribution in [-0.4, -0.2) is 44.8 Å². The Morgan fingerprint density at radius 1 is 1.27 bits per heavy atom. The van der Waals surface area contributed by atoms with Gasteiger partial charge in [-0.2, -0.15) is 5.10 Å². The number of amides is 1. The molecule has 1 N–H and O–H groups in total. The minimum absolute atomic E-state index is 0.0000938. The maximum atomic E-state index is 13.7. The fourth-order valence-electron chi connectivity index (χ4n) is 3.22. The van der Waals surface area contributed by atoms with Gasteiger partial charge >= 0.3 is 5.97 Å². The number of carboxylic acids is 1. The number of nitrogens with zero attached hydrogens (tertiary/aromatic N) is 3. The van der Waals surface area contributed by atoms with E-state index >= 15 is 0 Å². The van der Waals surface area contributed by atoms with Gasteiger partial charge in [0.15, 0.2) is 0 Å². The monoisotopic (exact) mass is 363 g/mol. The van der Waals surface area contributed by atoms with Crippen molar-refractivity contribution in [2.75, 3.05) is 13.1 Å². The third-order valence-corrected chi connectivity index (χ3v) is 4.50. The van der Waals surface area contributed by atoms with Crippen LogP contribution in [0.5, 0.6) is 0 Å². The first-order valence-corrected chi connectivity index (χ1v) is 8.39. The van der Waals surface area contributed by atoms with Gasteiger partial charge in [-0.05, 0) is 37.1 Å². The molecule has 0 aliphatic carbocycles. The van der Waals surface area contributed by atoms with E-state index in [1.807, 2.05) is 0 Å². The average molecular weight is 363 g/mol. The van der Waals surface area contributed by atoms with E-state index in [0.29, 0.717) is 13.1 Å². The highest BCUT2D eigenvalue weighted by Crippen LogP contribution is 2.26. The Kier molecular flexibility index (Phi) is 5.29. The number of hydrogen-bond acceptors (Lipinski definition) is 3. The third kappa shape index (κ3) is 4.25. The zero-order chi connectivity index (χ0) is 18.7. The second-order valence-electron chi connectivity index (χ2n) is 6.42. The van der Waals surface area contributed by atoms with Crippen LogP contribution in [0.25, 0.3) is 0 Å². The molecule has 1 aliphatic heterocycles. The molecule has 26 heavy (non-hydrogen) atoms. The summed E-state index contributed by atoms with van der Waals surface area (Å²) in [4.78, 5) is 24.9. The molecule has 2 heterocycles. The quantitative estimate of drug-likeness (QED) is 0.884. The molecule has 3 rings (SSSR count). The molecule has 1 aliphatic rings. The van der Waals surface area contributed by atoms with E-state index in [-0.39, 0.29) is 30.4 Å². The molecule has 1 atom stereocenters. The molecule has 1 aromatic carbocycles. The van der Waals surface area contributed by atoms with Gasteiger partial charge in [0.25, 0.3) is 0 Å². The first kappa shape index (κ1) is 18.0. The minimum atomic E-state index is -0.975. The number of benzene rings is 1. The van der Waals surface area contributed by atoms with Crippen LogP contribution in [0.4, 0.5) is 8.78 Å². The van der Waals surface area contributed by atoms with Crippen molar-refractivity contribution in [2.24, 2.45) is 0 Å². The van der Waals surface area contributed by atoms with Crippen LogP contribution in [0.3, 0.4) is 0 Å².